The molecule has 3 heterocycles. The van der Waals surface area contributed by atoms with Crippen LogP contribution < -0.4 is 21.3 Å². The Morgan fingerprint density at radius 3 is 2.32 bits per heavy atom. The first-order valence-electron chi connectivity index (χ1n) is 10.3. The van der Waals surface area contributed by atoms with Crippen molar-refractivity contribution in [3.63, 3.8) is 0 Å². The summed E-state index contributed by atoms with van der Waals surface area (Å²) in [5, 5.41) is 14.0. The Labute approximate surface area is 168 Å². The number of hydrogen-bond acceptors (Lipinski definition) is 7. The van der Waals surface area contributed by atoms with Crippen LogP contribution in [0.2, 0.25) is 0 Å². The van der Waals surface area contributed by atoms with Gasteiger partial charge in [-0.1, -0.05) is 12.1 Å². The minimum Gasteiger partial charge on any atom is -0.314 e. The second-order valence-electron chi connectivity index (χ2n) is 7.06. The third-order valence-electron chi connectivity index (χ3n) is 4.80. The van der Waals surface area contributed by atoms with Crippen molar-refractivity contribution in [1.82, 2.24) is 36.1 Å². The van der Waals surface area contributed by atoms with Crippen molar-refractivity contribution in [1.29, 1.82) is 0 Å². The third-order valence-corrected chi connectivity index (χ3v) is 4.80. The lowest BCUT2D eigenvalue weighted by Crippen LogP contribution is -2.41. The van der Waals surface area contributed by atoms with E-state index >= 15 is 0 Å². The van der Waals surface area contributed by atoms with Crippen LogP contribution in [-0.2, 0) is 19.6 Å². The Morgan fingerprint density at radius 2 is 1.61 bits per heavy atom. The highest BCUT2D eigenvalue weighted by molar-refractivity contribution is 5.11. The first-order valence-corrected chi connectivity index (χ1v) is 10.3. The second kappa shape index (κ2) is 12.5. The lowest BCUT2D eigenvalue weighted by atomic mass is 10.3. The first kappa shape index (κ1) is 20.8. The molecule has 2 aromatic heterocycles. The van der Waals surface area contributed by atoms with E-state index < -0.39 is 0 Å². The van der Waals surface area contributed by atoms with Crippen LogP contribution in [0.4, 0.5) is 0 Å². The van der Waals surface area contributed by atoms with Crippen molar-refractivity contribution in [3.8, 4) is 0 Å². The molecule has 3 rings (SSSR count). The average molecular weight is 384 g/mol. The van der Waals surface area contributed by atoms with Crippen molar-refractivity contribution in [2.75, 3.05) is 52.4 Å². The van der Waals surface area contributed by atoms with E-state index in [1.807, 2.05) is 24.4 Å². The molecular weight excluding hydrogens is 350 g/mol. The molecule has 2 bridgehead atoms. The molecule has 1 aliphatic heterocycles. The summed E-state index contributed by atoms with van der Waals surface area (Å²) in [5.74, 6) is 0. The minimum atomic E-state index is 0.822. The maximum atomic E-state index is 4.67. The van der Waals surface area contributed by atoms with Gasteiger partial charge in [-0.3, -0.25) is 14.9 Å². The van der Waals surface area contributed by atoms with Crippen LogP contribution in [0, 0.1) is 0 Å². The van der Waals surface area contributed by atoms with Crippen LogP contribution in [0.1, 0.15) is 17.1 Å². The average Bonchev–Trinajstić information content (AvgIpc) is 2.73. The molecular formula is C21H33N7. The summed E-state index contributed by atoms with van der Waals surface area (Å²) in [6, 6.07) is 12.3. The molecule has 2 aromatic rings. The maximum Gasteiger partial charge on any atom is 0.0545 e. The molecule has 0 fully saturated rings. The third kappa shape index (κ3) is 8.00. The van der Waals surface area contributed by atoms with Gasteiger partial charge in [-0.2, -0.15) is 0 Å². The standard InChI is InChI=1S/C21H33N7/c1-2-7-26-19(4-1)16-23-9-8-22-10-13-28-14-11-24-17-20-5-3-6-21(27-20)18-25-12-15-28/h1-7,22-25H,8-18H2. The van der Waals surface area contributed by atoms with Crippen molar-refractivity contribution < 1.29 is 0 Å². The fourth-order valence-electron chi connectivity index (χ4n) is 3.23. The van der Waals surface area contributed by atoms with E-state index in [2.05, 4.69) is 54.3 Å². The Hall–Kier alpha value is -1.90. The predicted octanol–water partition coefficient (Wildman–Crippen LogP) is 0.351. The summed E-state index contributed by atoms with van der Waals surface area (Å²) in [5.41, 5.74) is 3.32. The van der Waals surface area contributed by atoms with Crippen LogP contribution in [0.5, 0.6) is 0 Å². The second-order valence-corrected chi connectivity index (χ2v) is 7.06. The highest BCUT2D eigenvalue weighted by Crippen LogP contribution is 2.00. The SMILES string of the molecule is c1ccc(CNCCNCCN2CCNCc3cccc(n3)CNCC2)nc1. The fourth-order valence-corrected chi connectivity index (χ4v) is 3.23. The quantitative estimate of drug-likeness (QED) is 0.490. The molecule has 0 spiro atoms. The van der Waals surface area contributed by atoms with E-state index in [9.17, 15) is 0 Å². The van der Waals surface area contributed by atoms with E-state index in [4.69, 9.17) is 0 Å². The van der Waals surface area contributed by atoms with Gasteiger partial charge in [0, 0.05) is 78.2 Å². The maximum absolute atomic E-state index is 4.67. The van der Waals surface area contributed by atoms with Gasteiger partial charge in [-0.15, -0.1) is 0 Å². The van der Waals surface area contributed by atoms with Crippen molar-refractivity contribution in [3.05, 3.63) is 59.7 Å². The highest BCUT2D eigenvalue weighted by atomic mass is 15.2. The fraction of sp³-hybridized carbons (Fsp3) is 0.524. The molecule has 7 heteroatoms. The topological polar surface area (TPSA) is 77.1 Å². The van der Waals surface area contributed by atoms with Gasteiger partial charge in [0.25, 0.3) is 0 Å². The molecule has 0 unspecified atom stereocenters. The van der Waals surface area contributed by atoms with Gasteiger partial charge in [0.1, 0.15) is 0 Å². The Bertz CT molecular complexity index is 638. The van der Waals surface area contributed by atoms with Crippen LogP contribution in [-0.4, -0.2) is 67.2 Å². The van der Waals surface area contributed by atoms with E-state index in [0.717, 1.165) is 89.1 Å². The Morgan fingerprint density at radius 1 is 0.857 bits per heavy atom. The van der Waals surface area contributed by atoms with Crippen LogP contribution in [0.15, 0.2) is 42.6 Å². The largest absolute Gasteiger partial charge is 0.314 e. The Kier molecular flexibility index (Phi) is 9.32. The van der Waals surface area contributed by atoms with Crippen molar-refractivity contribution >= 4 is 0 Å². The molecule has 0 amide bonds. The van der Waals surface area contributed by atoms with Gasteiger partial charge < -0.3 is 21.3 Å². The van der Waals surface area contributed by atoms with Crippen molar-refractivity contribution in [2.45, 2.75) is 19.6 Å². The zero-order valence-electron chi connectivity index (χ0n) is 16.7. The number of hydrogen-bond donors (Lipinski definition) is 4. The normalized spacial score (nSPS) is 16.3. The molecule has 4 N–H and O–H groups in total. The molecule has 0 radical (unpaired) electrons. The highest BCUT2D eigenvalue weighted by Gasteiger charge is 2.06. The summed E-state index contributed by atoms with van der Waals surface area (Å²) in [6.07, 6.45) is 1.84. The van der Waals surface area contributed by atoms with Gasteiger partial charge in [-0.05, 0) is 24.3 Å². The summed E-state index contributed by atoms with van der Waals surface area (Å²) in [6.45, 7) is 10.6. The van der Waals surface area contributed by atoms with Crippen LogP contribution >= 0.6 is 0 Å². The van der Waals surface area contributed by atoms with Gasteiger partial charge in [-0.25, -0.2) is 0 Å². The number of nitrogens with one attached hydrogen (secondary N) is 4. The number of fused-ring (bicyclic) bond motifs is 2. The number of pyridine rings is 2. The molecule has 152 valence electrons. The predicted molar refractivity (Wildman–Crippen MR) is 113 cm³/mol. The van der Waals surface area contributed by atoms with Gasteiger partial charge >= 0.3 is 0 Å². The number of aromatic nitrogens is 2. The summed E-state index contributed by atoms with van der Waals surface area (Å²) in [7, 11) is 0. The first-order chi connectivity index (χ1) is 13.9. The van der Waals surface area contributed by atoms with E-state index in [0.29, 0.717) is 0 Å². The molecule has 0 saturated heterocycles. The molecule has 0 aliphatic carbocycles. The zero-order valence-corrected chi connectivity index (χ0v) is 16.7. The summed E-state index contributed by atoms with van der Waals surface area (Å²) < 4.78 is 0. The summed E-state index contributed by atoms with van der Waals surface area (Å²) >= 11 is 0. The molecule has 1 aliphatic rings. The van der Waals surface area contributed by atoms with Gasteiger partial charge in [0.2, 0.25) is 0 Å². The van der Waals surface area contributed by atoms with E-state index in [1.54, 1.807) is 0 Å². The molecule has 0 aromatic carbocycles. The summed E-state index contributed by atoms with van der Waals surface area (Å²) in [4.78, 5) is 11.5. The van der Waals surface area contributed by atoms with Gasteiger partial charge in [0.15, 0.2) is 0 Å². The van der Waals surface area contributed by atoms with E-state index in [1.165, 1.54) is 0 Å². The lowest BCUT2D eigenvalue weighted by Gasteiger charge is -2.23. The minimum absolute atomic E-state index is 0.822. The molecule has 7 nitrogen and oxygen atoms in total. The lowest BCUT2D eigenvalue weighted by molar-refractivity contribution is 0.270. The monoisotopic (exact) mass is 383 g/mol. The molecule has 28 heavy (non-hydrogen) atoms. The molecule has 0 atom stereocenters. The van der Waals surface area contributed by atoms with Gasteiger partial charge in [0.05, 0.1) is 17.1 Å². The van der Waals surface area contributed by atoms with Crippen molar-refractivity contribution in [2.24, 2.45) is 0 Å². The van der Waals surface area contributed by atoms with Crippen LogP contribution in [0.25, 0.3) is 0 Å². The zero-order chi connectivity index (χ0) is 19.3. The van der Waals surface area contributed by atoms with Crippen LogP contribution in [0.3, 0.4) is 0 Å². The number of nitrogens with zero attached hydrogens (tertiary/aromatic N) is 3. The smallest absolute Gasteiger partial charge is 0.0545 e. The molecule has 0 saturated carbocycles. The van der Waals surface area contributed by atoms with E-state index in [-0.39, 0.29) is 0 Å². The number of rotatable bonds is 8. The Balaban J connectivity index is 1.28.